The Kier molecular flexibility index (Phi) is 13.1. The Morgan fingerprint density at radius 1 is 1.11 bits per heavy atom. The van der Waals surface area contributed by atoms with E-state index in [0.29, 0.717) is 24.6 Å². The highest BCUT2D eigenvalue weighted by Crippen LogP contribution is 2.28. The third-order valence-electron chi connectivity index (χ3n) is 6.01. The van der Waals surface area contributed by atoms with Crippen molar-refractivity contribution in [3.63, 3.8) is 0 Å². The van der Waals surface area contributed by atoms with Gasteiger partial charge in [0.15, 0.2) is 0 Å². The van der Waals surface area contributed by atoms with Crippen molar-refractivity contribution in [3.05, 3.63) is 68.7 Å². The summed E-state index contributed by atoms with van der Waals surface area (Å²) in [7, 11) is 0. The molecule has 35 heavy (non-hydrogen) atoms. The molecule has 1 aliphatic heterocycles. The average molecular weight is 525 g/mol. The lowest BCUT2D eigenvalue weighted by atomic mass is 9.99. The van der Waals surface area contributed by atoms with Gasteiger partial charge in [0.1, 0.15) is 0 Å². The van der Waals surface area contributed by atoms with E-state index in [1.54, 1.807) is 6.92 Å². The van der Waals surface area contributed by atoms with E-state index < -0.39 is 6.10 Å². The van der Waals surface area contributed by atoms with Crippen LogP contribution >= 0.6 is 23.2 Å². The molecule has 1 aliphatic rings. The van der Waals surface area contributed by atoms with Gasteiger partial charge in [0.25, 0.3) is 0 Å². The fraction of sp³-hybridized carbons (Fsp3) is 0.536. The first-order valence-corrected chi connectivity index (χ1v) is 13.1. The molecule has 5 nitrogen and oxygen atoms in total. The van der Waals surface area contributed by atoms with Crippen molar-refractivity contribution < 1.29 is 19.4 Å². The highest BCUT2D eigenvalue weighted by atomic mass is 35.5. The molecule has 0 aromatic heterocycles. The zero-order chi connectivity index (χ0) is 25.8. The highest BCUT2D eigenvalue weighted by Gasteiger charge is 2.19. The van der Waals surface area contributed by atoms with E-state index in [4.69, 9.17) is 32.7 Å². The maximum absolute atomic E-state index is 11.7. The second-order valence-corrected chi connectivity index (χ2v) is 9.82. The molecular formula is C28H39Cl2NO4. The summed E-state index contributed by atoms with van der Waals surface area (Å²) in [4.78, 5) is 13.9. The van der Waals surface area contributed by atoms with E-state index >= 15 is 0 Å². The Balaban J connectivity index is 0.000000402. The summed E-state index contributed by atoms with van der Waals surface area (Å²) in [5.74, 6) is -0.229. The van der Waals surface area contributed by atoms with Crippen LogP contribution in [0.4, 0.5) is 0 Å². The molecule has 2 unspecified atom stereocenters. The highest BCUT2D eigenvalue weighted by molar-refractivity contribution is 6.31. The van der Waals surface area contributed by atoms with Gasteiger partial charge in [-0.1, -0.05) is 47.5 Å². The third kappa shape index (κ3) is 10.5. The molecule has 0 amide bonds. The predicted molar refractivity (Wildman–Crippen MR) is 143 cm³/mol. The Hall–Kier alpha value is -1.63. The van der Waals surface area contributed by atoms with Crippen LogP contribution in [0.1, 0.15) is 61.5 Å². The zero-order valence-electron chi connectivity index (χ0n) is 21.4. The van der Waals surface area contributed by atoms with E-state index in [9.17, 15) is 9.90 Å². The number of β-amino-alcohol motifs (C(OH)–C–C–N with tert-alkyl or cyclic N) is 1. The number of nitrogens with zero attached hydrogens (tertiary/aromatic N) is 1. The van der Waals surface area contributed by atoms with E-state index in [1.807, 2.05) is 51.1 Å². The van der Waals surface area contributed by atoms with Crippen LogP contribution in [0, 0.1) is 13.8 Å². The molecule has 1 saturated heterocycles. The second-order valence-electron chi connectivity index (χ2n) is 9.00. The number of halogens is 2. The molecule has 2 atom stereocenters. The number of aliphatic hydroxyl groups excluding tert-OH is 1. The minimum atomic E-state index is -0.502. The third-order valence-corrected chi connectivity index (χ3v) is 6.77. The molecular weight excluding hydrogens is 485 g/mol. The van der Waals surface area contributed by atoms with Gasteiger partial charge in [0.2, 0.25) is 0 Å². The molecule has 0 saturated carbocycles. The average Bonchev–Trinajstić information content (AvgIpc) is 3.33. The Labute approximate surface area is 220 Å². The van der Waals surface area contributed by atoms with E-state index in [1.165, 1.54) is 18.4 Å². The molecule has 3 rings (SSSR count). The maximum Gasteiger partial charge on any atom is 0.306 e. The summed E-state index contributed by atoms with van der Waals surface area (Å²) in [6.45, 7) is 11.2. The van der Waals surface area contributed by atoms with Crippen LogP contribution in [0.2, 0.25) is 10.0 Å². The van der Waals surface area contributed by atoms with Gasteiger partial charge >= 0.3 is 5.97 Å². The number of rotatable bonds is 10. The number of hydrogen-bond acceptors (Lipinski definition) is 5. The van der Waals surface area contributed by atoms with E-state index in [0.717, 1.165) is 34.8 Å². The van der Waals surface area contributed by atoms with Crippen LogP contribution in [0.25, 0.3) is 0 Å². The summed E-state index contributed by atoms with van der Waals surface area (Å²) in [5.41, 5.74) is 4.21. The minimum Gasteiger partial charge on any atom is -0.466 e. The predicted octanol–water partition coefficient (Wildman–Crippen LogP) is 6.33. The summed E-state index contributed by atoms with van der Waals surface area (Å²) < 4.78 is 10.9. The molecule has 7 heteroatoms. The first-order chi connectivity index (χ1) is 16.7. The standard InChI is InChI=1S/C20H30ClNO4.C8H9Cl/c1-3-25-20(24)10-9-18-17(7-6-8-19(18)21)15(2)26-14-16(23)13-22-11-4-5-12-22;1-6-3-4-7(2)8(9)5-6/h6-8,15-16,23H,3-5,9-14H2,1-2H3;3-5H,1-2H3. The topological polar surface area (TPSA) is 59.0 Å². The van der Waals surface area contributed by atoms with Crippen LogP contribution in [0.15, 0.2) is 36.4 Å². The van der Waals surface area contributed by atoms with E-state index in [2.05, 4.69) is 11.0 Å². The normalized spacial score (nSPS) is 15.3. The van der Waals surface area contributed by atoms with Gasteiger partial charge in [-0.25, -0.2) is 0 Å². The fourth-order valence-corrected chi connectivity index (χ4v) is 4.55. The van der Waals surface area contributed by atoms with Crippen molar-refractivity contribution in [1.82, 2.24) is 4.90 Å². The Morgan fingerprint density at radius 3 is 2.46 bits per heavy atom. The van der Waals surface area contributed by atoms with Crippen molar-refractivity contribution in [1.29, 1.82) is 0 Å². The lowest BCUT2D eigenvalue weighted by molar-refractivity contribution is -0.143. The largest absolute Gasteiger partial charge is 0.466 e. The quantitative estimate of drug-likeness (QED) is 0.368. The van der Waals surface area contributed by atoms with Gasteiger partial charge < -0.3 is 19.5 Å². The number of carbonyl (C=O) groups excluding carboxylic acids is 1. The van der Waals surface area contributed by atoms with Gasteiger partial charge in [0, 0.05) is 23.0 Å². The zero-order valence-corrected chi connectivity index (χ0v) is 22.9. The summed E-state index contributed by atoms with van der Waals surface area (Å²) in [6.07, 6.45) is 2.50. The minimum absolute atomic E-state index is 0.209. The van der Waals surface area contributed by atoms with Crippen LogP contribution < -0.4 is 0 Å². The molecule has 194 valence electrons. The SMILES string of the molecule is CCOC(=O)CCc1c(Cl)cccc1C(C)OCC(O)CN1CCCC1.Cc1ccc(C)c(Cl)c1. The summed E-state index contributed by atoms with van der Waals surface area (Å²) in [5, 5.41) is 11.7. The smallest absolute Gasteiger partial charge is 0.306 e. The van der Waals surface area contributed by atoms with Gasteiger partial charge in [-0.15, -0.1) is 0 Å². The molecule has 0 radical (unpaired) electrons. The molecule has 0 bridgehead atoms. The van der Waals surface area contributed by atoms with Crippen molar-refractivity contribution in [2.24, 2.45) is 0 Å². The van der Waals surface area contributed by atoms with Crippen LogP contribution in [-0.4, -0.2) is 54.9 Å². The number of esters is 1. The van der Waals surface area contributed by atoms with Gasteiger partial charge in [-0.05, 0) is 94.4 Å². The van der Waals surface area contributed by atoms with Crippen LogP contribution in [0.3, 0.4) is 0 Å². The monoisotopic (exact) mass is 523 g/mol. The summed E-state index contributed by atoms with van der Waals surface area (Å²) >= 11 is 12.2. The molecule has 2 aromatic carbocycles. The van der Waals surface area contributed by atoms with Crippen LogP contribution in [0.5, 0.6) is 0 Å². The fourth-order valence-electron chi connectivity index (χ4n) is 4.04. The van der Waals surface area contributed by atoms with Gasteiger partial charge in [-0.3, -0.25) is 4.79 Å². The van der Waals surface area contributed by atoms with Crippen molar-refractivity contribution in [2.75, 3.05) is 32.8 Å². The number of hydrogen-bond donors (Lipinski definition) is 1. The summed E-state index contributed by atoms with van der Waals surface area (Å²) in [6, 6.07) is 11.7. The number of ether oxygens (including phenoxy) is 2. The number of aliphatic hydroxyl groups is 1. The lowest BCUT2D eigenvalue weighted by Gasteiger charge is -2.23. The molecule has 1 N–H and O–H groups in total. The first-order valence-electron chi connectivity index (χ1n) is 12.4. The second kappa shape index (κ2) is 15.5. The van der Waals surface area contributed by atoms with Gasteiger partial charge in [-0.2, -0.15) is 0 Å². The molecule has 0 spiro atoms. The Bertz CT molecular complexity index is 931. The Morgan fingerprint density at radius 2 is 1.83 bits per heavy atom. The molecule has 2 aromatic rings. The van der Waals surface area contributed by atoms with Crippen molar-refractivity contribution in [3.8, 4) is 0 Å². The van der Waals surface area contributed by atoms with Gasteiger partial charge in [0.05, 0.1) is 25.4 Å². The van der Waals surface area contributed by atoms with Crippen LogP contribution in [-0.2, 0) is 20.7 Å². The molecule has 0 aliphatic carbocycles. The number of aryl methyl sites for hydroxylation is 2. The lowest BCUT2D eigenvalue weighted by Crippen LogP contribution is -2.33. The van der Waals surface area contributed by atoms with E-state index in [-0.39, 0.29) is 25.1 Å². The van der Waals surface area contributed by atoms with Crippen molar-refractivity contribution in [2.45, 2.75) is 65.6 Å². The molecule has 1 heterocycles. The first kappa shape index (κ1) is 29.6. The number of likely N-dealkylation sites (tertiary alicyclic amines) is 1. The number of carbonyl (C=O) groups is 1. The molecule has 1 fully saturated rings. The number of benzene rings is 2. The maximum atomic E-state index is 11.7. The van der Waals surface area contributed by atoms with Crippen molar-refractivity contribution >= 4 is 29.2 Å².